The third-order valence-electron chi connectivity index (χ3n) is 3.93. The van der Waals surface area contributed by atoms with Crippen LogP contribution in [0.3, 0.4) is 0 Å². The second-order valence-electron chi connectivity index (χ2n) is 6.51. The smallest absolute Gasteiger partial charge is 0.344 e. The van der Waals surface area contributed by atoms with Crippen LogP contribution in [-0.2, 0) is 20.9 Å². The fourth-order valence-electron chi connectivity index (χ4n) is 2.45. The van der Waals surface area contributed by atoms with Crippen molar-refractivity contribution < 1.29 is 23.5 Å². The van der Waals surface area contributed by atoms with Gasteiger partial charge < -0.3 is 14.8 Å². The number of aryl methyl sites for hydroxylation is 1. The molecule has 0 saturated carbocycles. The summed E-state index contributed by atoms with van der Waals surface area (Å²) in [5.41, 5.74) is 2.38. The minimum Gasteiger partial charge on any atom is -0.482 e. The van der Waals surface area contributed by atoms with Gasteiger partial charge in [0.1, 0.15) is 11.6 Å². The molecule has 0 unspecified atom stereocenters. The topological polar surface area (TPSA) is 64.6 Å². The third kappa shape index (κ3) is 6.40. The summed E-state index contributed by atoms with van der Waals surface area (Å²) in [6.07, 6.45) is 0. The zero-order chi connectivity index (χ0) is 19.8. The fourth-order valence-corrected chi connectivity index (χ4v) is 2.45. The molecule has 27 heavy (non-hydrogen) atoms. The number of ether oxygens (including phenoxy) is 2. The summed E-state index contributed by atoms with van der Waals surface area (Å²) in [6.45, 7) is 5.31. The molecule has 6 heteroatoms. The quantitative estimate of drug-likeness (QED) is 0.720. The number of hydrogen-bond acceptors (Lipinski definition) is 4. The molecule has 2 aromatic rings. The molecule has 0 aliphatic carbocycles. The van der Waals surface area contributed by atoms with Crippen LogP contribution in [0.1, 0.15) is 36.5 Å². The summed E-state index contributed by atoms with van der Waals surface area (Å²) in [6, 6.07) is 12.0. The molecule has 5 nitrogen and oxygen atoms in total. The highest BCUT2D eigenvalue weighted by atomic mass is 19.1. The van der Waals surface area contributed by atoms with Crippen molar-refractivity contribution in [1.82, 2.24) is 5.32 Å². The van der Waals surface area contributed by atoms with E-state index in [1.165, 1.54) is 6.07 Å². The SMILES string of the molecule is Cc1ccc(C(C)C)c(OCC(=O)OCC(=O)NCc2ccccc2F)c1. The van der Waals surface area contributed by atoms with Gasteiger partial charge in [-0.15, -0.1) is 0 Å². The molecular weight excluding hydrogens is 349 g/mol. The van der Waals surface area contributed by atoms with Crippen LogP contribution in [-0.4, -0.2) is 25.1 Å². The van der Waals surface area contributed by atoms with Crippen molar-refractivity contribution in [2.75, 3.05) is 13.2 Å². The minimum absolute atomic E-state index is 0.0284. The van der Waals surface area contributed by atoms with Crippen molar-refractivity contribution in [1.29, 1.82) is 0 Å². The molecule has 144 valence electrons. The van der Waals surface area contributed by atoms with E-state index in [0.717, 1.165) is 11.1 Å². The number of hydrogen-bond donors (Lipinski definition) is 1. The Bertz CT molecular complexity index is 805. The van der Waals surface area contributed by atoms with E-state index in [-0.39, 0.29) is 19.1 Å². The van der Waals surface area contributed by atoms with Gasteiger partial charge in [-0.1, -0.05) is 44.2 Å². The van der Waals surface area contributed by atoms with Crippen LogP contribution < -0.4 is 10.1 Å². The van der Waals surface area contributed by atoms with Crippen LogP contribution >= 0.6 is 0 Å². The van der Waals surface area contributed by atoms with Crippen molar-refractivity contribution in [3.63, 3.8) is 0 Å². The summed E-state index contributed by atoms with van der Waals surface area (Å²) in [4.78, 5) is 23.6. The predicted molar refractivity (Wildman–Crippen MR) is 100.0 cm³/mol. The Hall–Kier alpha value is -2.89. The third-order valence-corrected chi connectivity index (χ3v) is 3.93. The summed E-state index contributed by atoms with van der Waals surface area (Å²) in [7, 11) is 0. The average molecular weight is 373 g/mol. The largest absolute Gasteiger partial charge is 0.482 e. The van der Waals surface area contributed by atoms with E-state index in [9.17, 15) is 14.0 Å². The average Bonchev–Trinajstić information content (AvgIpc) is 2.63. The molecule has 0 atom stereocenters. The van der Waals surface area contributed by atoms with E-state index in [4.69, 9.17) is 9.47 Å². The molecule has 0 heterocycles. The van der Waals surface area contributed by atoms with E-state index >= 15 is 0 Å². The molecule has 0 radical (unpaired) electrons. The molecular formula is C21H24FNO4. The molecule has 0 fully saturated rings. The van der Waals surface area contributed by atoms with Crippen molar-refractivity contribution in [2.24, 2.45) is 0 Å². The monoisotopic (exact) mass is 373 g/mol. The van der Waals surface area contributed by atoms with Gasteiger partial charge in [0.25, 0.3) is 5.91 Å². The Morgan fingerprint density at radius 2 is 1.85 bits per heavy atom. The molecule has 2 aromatic carbocycles. The number of carbonyl (C=O) groups excluding carboxylic acids is 2. The van der Waals surface area contributed by atoms with E-state index in [1.54, 1.807) is 18.2 Å². The highest BCUT2D eigenvalue weighted by molar-refractivity contribution is 5.80. The van der Waals surface area contributed by atoms with Crippen LogP contribution in [0, 0.1) is 12.7 Å². The summed E-state index contributed by atoms with van der Waals surface area (Å²) < 4.78 is 23.9. The molecule has 0 aromatic heterocycles. The van der Waals surface area contributed by atoms with E-state index in [0.29, 0.717) is 11.3 Å². The number of esters is 1. The predicted octanol–water partition coefficient (Wildman–Crippen LogP) is 3.50. The fraction of sp³-hybridized carbons (Fsp3) is 0.333. The molecule has 1 N–H and O–H groups in total. The van der Waals surface area contributed by atoms with Crippen molar-refractivity contribution in [3.05, 3.63) is 65.0 Å². The maximum Gasteiger partial charge on any atom is 0.344 e. The van der Waals surface area contributed by atoms with E-state index in [2.05, 4.69) is 5.32 Å². The molecule has 1 amide bonds. The van der Waals surface area contributed by atoms with E-state index < -0.39 is 24.3 Å². The molecule has 0 spiro atoms. The van der Waals surface area contributed by atoms with Crippen molar-refractivity contribution in [3.8, 4) is 5.75 Å². The van der Waals surface area contributed by atoms with E-state index in [1.807, 2.05) is 39.0 Å². The number of benzene rings is 2. The number of nitrogens with one attached hydrogen (secondary N) is 1. The lowest BCUT2D eigenvalue weighted by Crippen LogP contribution is -2.29. The first-order valence-electron chi connectivity index (χ1n) is 8.76. The molecule has 2 rings (SSSR count). The Kier molecular flexibility index (Phi) is 7.34. The highest BCUT2D eigenvalue weighted by Crippen LogP contribution is 2.27. The first-order chi connectivity index (χ1) is 12.9. The highest BCUT2D eigenvalue weighted by Gasteiger charge is 2.12. The van der Waals surface area contributed by atoms with Gasteiger partial charge in [-0.25, -0.2) is 9.18 Å². The van der Waals surface area contributed by atoms with Crippen molar-refractivity contribution in [2.45, 2.75) is 33.2 Å². The number of rotatable bonds is 8. The minimum atomic E-state index is -0.646. The van der Waals surface area contributed by atoms with Crippen molar-refractivity contribution >= 4 is 11.9 Å². The Labute approximate surface area is 158 Å². The summed E-state index contributed by atoms with van der Waals surface area (Å²) >= 11 is 0. The standard InChI is InChI=1S/C21H24FNO4/c1-14(2)17-9-8-15(3)10-19(17)26-13-21(25)27-12-20(24)23-11-16-6-4-5-7-18(16)22/h4-10,14H,11-13H2,1-3H3,(H,23,24). The number of carbonyl (C=O) groups is 2. The zero-order valence-electron chi connectivity index (χ0n) is 15.8. The van der Waals surface area contributed by atoms with Gasteiger partial charge >= 0.3 is 5.97 Å². The van der Waals surface area contributed by atoms with Gasteiger partial charge in [-0.3, -0.25) is 4.79 Å². The van der Waals surface area contributed by atoms with Gasteiger partial charge in [0.05, 0.1) is 0 Å². The second-order valence-corrected chi connectivity index (χ2v) is 6.51. The van der Waals surface area contributed by atoms with Crippen LogP contribution in [0.4, 0.5) is 4.39 Å². The first-order valence-corrected chi connectivity index (χ1v) is 8.76. The van der Waals surface area contributed by atoms with Crippen LogP contribution in [0.15, 0.2) is 42.5 Å². The van der Waals surface area contributed by atoms with Crippen LogP contribution in [0.5, 0.6) is 5.75 Å². The normalized spacial score (nSPS) is 10.6. The van der Waals surface area contributed by atoms with Crippen LogP contribution in [0.25, 0.3) is 0 Å². The lowest BCUT2D eigenvalue weighted by Gasteiger charge is -2.14. The first kappa shape index (κ1) is 20.4. The van der Waals surface area contributed by atoms with Gasteiger partial charge in [0.2, 0.25) is 0 Å². The Morgan fingerprint density at radius 1 is 1.11 bits per heavy atom. The van der Waals surface area contributed by atoms with Gasteiger partial charge in [0.15, 0.2) is 13.2 Å². The maximum absolute atomic E-state index is 13.5. The number of amides is 1. The van der Waals surface area contributed by atoms with Crippen LogP contribution in [0.2, 0.25) is 0 Å². The summed E-state index contributed by atoms with van der Waals surface area (Å²) in [5.74, 6) is -0.675. The molecule has 0 saturated heterocycles. The Morgan fingerprint density at radius 3 is 2.56 bits per heavy atom. The molecule has 0 aliphatic rings. The number of halogens is 1. The maximum atomic E-state index is 13.5. The lowest BCUT2D eigenvalue weighted by molar-refractivity contribution is -0.150. The molecule has 0 aliphatic heterocycles. The van der Waals surface area contributed by atoms with Gasteiger partial charge in [0, 0.05) is 12.1 Å². The van der Waals surface area contributed by atoms with Gasteiger partial charge in [-0.05, 0) is 36.1 Å². The molecule has 0 bridgehead atoms. The zero-order valence-corrected chi connectivity index (χ0v) is 15.8. The summed E-state index contributed by atoms with van der Waals surface area (Å²) in [5, 5.41) is 2.50. The van der Waals surface area contributed by atoms with Gasteiger partial charge in [-0.2, -0.15) is 0 Å². The second kappa shape index (κ2) is 9.71. The lowest BCUT2D eigenvalue weighted by atomic mass is 10.0. The Balaban J connectivity index is 1.77.